The van der Waals surface area contributed by atoms with Crippen molar-refractivity contribution in [2.75, 3.05) is 13.2 Å². The van der Waals surface area contributed by atoms with Gasteiger partial charge in [-0.1, -0.05) is 0 Å². The Morgan fingerprint density at radius 2 is 1.88 bits per heavy atom. The predicted octanol–water partition coefficient (Wildman–Crippen LogP) is 0.947. The Morgan fingerprint density at radius 1 is 1.29 bits per heavy atom. The number of rotatable bonds is 7. The molecule has 0 aromatic carbocycles. The number of amides is 1. The van der Waals surface area contributed by atoms with E-state index in [4.69, 9.17) is 9.84 Å². The summed E-state index contributed by atoms with van der Waals surface area (Å²) in [5, 5.41) is 9.13. The van der Waals surface area contributed by atoms with Gasteiger partial charge < -0.3 is 14.7 Å². The molecule has 0 saturated carbocycles. The van der Waals surface area contributed by atoms with E-state index in [0.29, 0.717) is 13.0 Å². The Bertz CT molecular complexity index is 251. The number of esters is 1. The van der Waals surface area contributed by atoms with Gasteiger partial charge in [-0.2, -0.15) is 0 Å². The highest BCUT2D eigenvalue weighted by Crippen LogP contribution is 2.06. The molecule has 0 heterocycles. The second-order valence-electron chi connectivity index (χ2n) is 4.31. The lowest BCUT2D eigenvalue weighted by Gasteiger charge is -2.26. The monoisotopic (exact) mass is 245 g/mol. The van der Waals surface area contributed by atoms with Crippen LogP contribution in [-0.2, 0) is 14.3 Å². The van der Waals surface area contributed by atoms with E-state index in [1.165, 1.54) is 4.90 Å². The van der Waals surface area contributed by atoms with E-state index in [-0.39, 0.29) is 24.9 Å². The first-order valence-electron chi connectivity index (χ1n) is 6.01. The minimum atomic E-state index is -0.504. The Labute approximate surface area is 103 Å². The molecular formula is C12H23NO4. The molecule has 1 atom stereocenters. The molecule has 0 aliphatic carbocycles. The zero-order valence-electron chi connectivity index (χ0n) is 11.1. The standard InChI is InChI=1S/C12H23NO4/c1-5-17-12(16)8-13(9(2)3)11(15)7-6-10(4)14/h9-10,14H,5-8H2,1-4H3. The minimum Gasteiger partial charge on any atom is -0.465 e. The normalized spacial score (nSPS) is 12.4. The molecule has 1 unspecified atom stereocenters. The molecule has 0 aliphatic heterocycles. The molecule has 0 radical (unpaired) electrons. The average molecular weight is 245 g/mol. The summed E-state index contributed by atoms with van der Waals surface area (Å²) in [4.78, 5) is 24.6. The molecule has 100 valence electrons. The van der Waals surface area contributed by atoms with Crippen molar-refractivity contribution in [1.82, 2.24) is 4.90 Å². The maximum Gasteiger partial charge on any atom is 0.325 e. The van der Waals surface area contributed by atoms with Crippen LogP contribution >= 0.6 is 0 Å². The molecular weight excluding hydrogens is 222 g/mol. The van der Waals surface area contributed by atoms with Crippen LogP contribution < -0.4 is 0 Å². The number of nitrogens with zero attached hydrogens (tertiary/aromatic N) is 1. The van der Waals surface area contributed by atoms with Crippen molar-refractivity contribution in [2.45, 2.75) is 52.7 Å². The summed E-state index contributed by atoms with van der Waals surface area (Å²) in [6.07, 6.45) is 0.149. The Balaban J connectivity index is 4.31. The third kappa shape index (κ3) is 6.94. The van der Waals surface area contributed by atoms with Crippen molar-refractivity contribution in [3.63, 3.8) is 0 Å². The number of ether oxygens (including phenoxy) is 1. The van der Waals surface area contributed by atoms with Crippen LogP contribution in [0.1, 0.15) is 40.5 Å². The average Bonchev–Trinajstić information content (AvgIpc) is 2.22. The van der Waals surface area contributed by atoms with Crippen LogP contribution in [0.5, 0.6) is 0 Å². The molecule has 17 heavy (non-hydrogen) atoms. The highest BCUT2D eigenvalue weighted by atomic mass is 16.5. The molecule has 0 aromatic rings. The molecule has 0 spiro atoms. The smallest absolute Gasteiger partial charge is 0.325 e. The molecule has 5 nitrogen and oxygen atoms in total. The zero-order valence-corrected chi connectivity index (χ0v) is 11.1. The van der Waals surface area contributed by atoms with Gasteiger partial charge in [-0.05, 0) is 34.1 Å². The third-order valence-electron chi connectivity index (χ3n) is 2.32. The van der Waals surface area contributed by atoms with Gasteiger partial charge in [0.05, 0.1) is 12.7 Å². The van der Waals surface area contributed by atoms with Crippen molar-refractivity contribution in [3.05, 3.63) is 0 Å². The van der Waals surface area contributed by atoms with Gasteiger partial charge >= 0.3 is 5.97 Å². The maximum absolute atomic E-state index is 11.8. The topological polar surface area (TPSA) is 66.8 Å². The van der Waals surface area contributed by atoms with Crippen molar-refractivity contribution >= 4 is 11.9 Å². The number of hydrogen-bond acceptors (Lipinski definition) is 4. The summed E-state index contributed by atoms with van der Waals surface area (Å²) in [7, 11) is 0. The van der Waals surface area contributed by atoms with Crippen molar-refractivity contribution in [1.29, 1.82) is 0 Å². The number of hydrogen-bond donors (Lipinski definition) is 1. The highest BCUT2D eigenvalue weighted by molar-refractivity contribution is 5.82. The molecule has 0 fully saturated rings. The van der Waals surface area contributed by atoms with Gasteiger partial charge in [0, 0.05) is 12.5 Å². The molecule has 5 heteroatoms. The largest absolute Gasteiger partial charge is 0.465 e. The van der Waals surface area contributed by atoms with E-state index in [1.807, 2.05) is 13.8 Å². The molecule has 1 amide bonds. The first-order valence-corrected chi connectivity index (χ1v) is 6.01. The lowest BCUT2D eigenvalue weighted by Crippen LogP contribution is -2.41. The van der Waals surface area contributed by atoms with Crippen LogP contribution in [0.3, 0.4) is 0 Å². The zero-order chi connectivity index (χ0) is 13.4. The van der Waals surface area contributed by atoms with Crippen LogP contribution in [0, 0.1) is 0 Å². The van der Waals surface area contributed by atoms with E-state index < -0.39 is 12.1 Å². The molecule has 1 N–H and O–H groups in total. The van der Waals surface area contributed by atoms with Crippen LogP contribution in [-0.4, -0.2) is 47.2 Å². The first kappa shape index (κ1) is 15.9. The van der Waals surface area contributed by atoms with Crippen LogP contribution in [0.4, 0.5) is 0 Å². The fourth-order valence-corrected chi connectivity index (χ4v) is 1.38. The van der Waals surface area contributed by atoms with Gasteiger partial charge in [-0.3, -0.25) is 9.59 Å². The molecule has 0 aromatic heterocycles. The lowest BCUT2D eigenvalue weighted by atomic mass is 10.2. The summed E-state index contributed by atoms with van der Waals surface area (Å²) < 4.78 is 4.82. The first-order chi connectivity index (χ1) is 7.88. The van der Waals surface area contributed by atoms with E-state index in [0.717, 1.165) is 0 Å². The quantitative estimate of drug-likeness (QED) is 0.678. The van der Waals surface area contributed by atoms with Gasteiger partial charge in [-0.15, -0.1) is 0 Å². The fourth-order valence-electron chi connectivity index (χ4n) is 1.38. The second-order valence-corrected chi connectivity index (χ2v) is 4.31. The SMILES string of the molecule is CCOC(=O)CN(C(=O)CCC(C)O)C(C)C. The van der Waals surface area contributed by atoms with Crippen molar-refractivity contribution < 1.29 is 19.4 Å². The van der Waals surface area contributed by atoms with Crippen LogP contribution in [0.25, 0.3) is 0 Å². The summed E-state index contributed by atoms with van der Waals surface area (Å²) in [6, 6.07) is -0.0547. The summed E-state index contributed by atoms with van der Waals surface area (Å²) in [6.45, 7) is 7.35. The van der Waals surface area contributed by atoms with Crippen LogP contribution in [0.15, 0.2) is 0 Å². The van der Waals surface area contributed by atoms with Gasteiger partial charge in [0.2, 0.25) is 5.91 Å². The predicted molar refractivity (Wildman–Crippen MR) is 64.4 cm³/mol. The van der Waals surface area contributed by atoms with E-state index in [1.54, 1.807) is 13.8 Å². The molecule has 0 bridgehead atoms. The van der Waals surface area contributed by atoms with Gasteiger partial charge in [0.25, 0.3) is 0 Å². The summed E-state index contributed by atoms with van der Waals surface area (Å²) in [5.74, 6) is -0.527. The van der Waals surface area contributed by atoms with Gasteiger partial charge in [-0.25, -0.2) is 0 Å². The van der Waals surface area contributed by atoms with Gasteiger partial charge in [0.1, 0.15) is 6.54 Å². The number of carbonyl (C=O) groups is 2. The van der Waals surface area contributed by atoms with Crippen molar-refractivity contribution in [2.24, 2.45) is 0 Å². The number of aliphatic hydroxyl groups is 1. The molecule has 0 rings (SSSR count). The minimum absolute atomic E-state index is 0.0237. The highest BCUT2D eigenvalue weighted by Gasteiger charge is 2.20. The Kier molecular flexibility index (Phi) is 7.54. The second kappa shape index (κ2) is 8.06. The molecule has 0 saturated heterocycles. The summed E-state index contributed by atoms with van der Waals surface area (Å²) in [5.41, 5.74) is 0. The Morgan fingerprint density at radius 3 is 2.29 bits per heavy atom. The molecule has 0 aliphatic rings. The van der Waals surface area contributed by atoms with E-state index >= 15 is 0 Å². The van der Waals surface area contributed by atoms with E-state index in [9.17, 15) is 9.59 Å². The third-order valence-corrected chi connectivity index (χ3v) is 2.32. The summed E-state index contributed by atoms with van der Waals surface area (Å²) >= 11 is 0. The lowest BCUT2D eigenvalue weighted by molar-refractivity contribution is -0.150. The van der Waals surface area contributed by atoms with Gasteiger partial charge in [0.15, 0.2) is 0 Å². The van der Waals surface area contributed by atoms with E-state index in [2.05, 4.69) is 0 Å². The van der Waals surface area contributed by atoms with Crippen LogP contribution in [0.2, 0.25) is 0 Å². The van der Waals surface area contributed by atoms with Crippen molar-refractivity contribution in [3.8, 4) is 0 Å². The number of aliphatic hydroxyl groups excluding tert-OH is 1. The fraction of sp³-hybridized carbons (Fsp3) is 0.833. The number of carbonyl (C=O) groups excluding carboxylic acids is 2. The maximum atomic E-state index is 11.8. The Hall–Kier alpha value is -1.10.